The fourth-order valence-corrected chi connectivity index (χ4v) is 3.32. The highest BCUT2D eigenvalue weighted by Gasteiger charge is 2.37. The van der Waals surface area contributed by atoms with Crippen molar-refractivity contribution in [1.29, 1.82) is 0 Å². The summed E-state index contributed by atoms with van der Waals surface area (Å²) in [5.41, 5.74) is -2.33. The maximum Gasteiger partial charge on any atom is 0.417 e. The largest absolute Gasteiger partial charge is 0.462 e. The second kappa shape index (κ2) is 14.4. The van der Waals surface area contributed by atoms with E-state index in [-0.39, 0.29) is 6.61 Å². The third kappa shape index (κ3) is 10.7. The lowest BCUT2D eigenvalue weighted by Crippen LogP contribution is -2.17. The SMILES string of the molecule is CCCCCCCCCCCCCCCOC(=O)c1c(F)cccc1C(F)(F)F. The summed E-state index contributed by atoms with van der Waals surface area (Å²) in [7, 11) is 0. The number of halogens is 4. The summed E-state index contributed by atoms with van der Waals surface area (Å²) in [6.07, 6.45) is 10.3. The normalized spacial score (nSPS) is 11.6. The Hall–Kier alpha value is -1.59. The van der Waals surface area contributed by atoms with Gasteiger partial charge in [0.15, 0.2) is 0 Å². The fourth-order valence-electron chi connectivity index (χ4n) is 3.32. The molecule has 0 unspecified atom stereocenters. The van der Waals surface area contributed by atoms with E-state index in [4.69, 9.17) is 4.74 Å². The van der Waals surface area contributed by atoms with E-state index in [0.29, 0.717) is 12.5 Å². The molecule has 1 aromatic carbocycles. The Morgan fingerprint density at radius 1 is 0.828 bits per heavy atom. The van der Waals surface area contributed by atoms with Crippen LogP contribution < -0.4 is 0 Å². The number of hydrogen-bond donors (Lipinski definition) is 0. The van der Waals surface area contributed by atoms with Crippen LogP contribution in [0, 0.1) is 5.82 Å². The Balaban J connectivity index is 2.11. The molecule has 0 fully saturated rings. The summed E-state index contributed by atoms with van der Waals surface area (Å²) in [6, 6.07) is 2.45. The van der Waals surface area contributed by atoms with Crippen LogP contribution in [-0.4, -0.2) is 12.6 Å². The lowest BCUT2D eigenvalue weighted by molar-refractivity contribution is -0.138. The average Bonchev–Trinajstić information content (AvgIpc) is 2.67. The first kappa shape index (κ1) is 25.4. The van der Waals surface area contributed by atoms with Crippen molar-refractivity contribution < 1.29 is 27.1 Å². The monoisotopic (exact) mass is 418 g/mol. The first-order chi connectivity index (χ1) is 13.9. The molecule has 0 saturated carbocycles. The number of hydrogen-bond acceptors (Lipinski definition) is 2. The van der Waals surface area contributed by atoms with Gasteiger partial charge in [-0.1, -0.05) is 90.0 Å². The Morgan fingerprint density at radius 2 is 1.31 bits per heavy atom. The van der Waals surface area contributed by atoms with Crippen molar-refractivity contribution in [3.05, 3.63) is 35.1 Å². The van der Waals surface area contributed by atoms with Crippen LogP contribution in [0.5, 0.6) is 0 Å². The molecule has 0 radical (unpaired) electrons. The zero-order chi connectivity index (χ0) is 21.5. The summed E-state index contributed by atoms with van der Waals surface area (Å²) in [6.45, 7) is 2.22. The number of unbranched alkanes of at least 4 members (excludes halogenated alkanes) is 12. The molecule has 1 rings (SSSR count). The molecular weight excluding hydrogens is 384 g/mol. The van der Waals surface area contributed by atoms with Crippen LogP contribution >= 0.6 is 0 Å². The highest BCUT2D eigenvalue weighted by molar-refractivity contribution is 5.91. The molecule has 2 nitrogen and oxygen atoms in total. The van der Waals surface area contributed by atoms with Crippen LogP contribution in [0.3, 0.4) is 0 Å². The van der Waals surface area contributed by atoms with Gasteiger partial charge in [0.1, 0.15) is 11.4 Å². The van der Waals surface area contributed by atoms with Crippen LogP contribution in [0.4, 0.5) is 17.6 Å². The molecular formula is C23H34F4O2. The maximum atomic E-state index is 13.7. The highest BCUT2D eigenvalue weighted by atomic mass is 19.4. The molecule has 1 aromatic rings. The summed E-state index contributed by atoms with van der Waals surface area (Å²) in [5.74, 6) is -2.47. The van der Waals surface area contributed by atoms with Gasteiger partial charge in [-0.25, -0.2) is 9.18 Å². The van der Waals surface area contributed by atoms with Crippen molar-refractivity contribution in [1.82, 2.24) is 0 Å². The average molecular weight is 419 g/mol. The fraction of sp³-hybridized carbons (Fsp3) is 0.696. The predicted octanol–water partition coefficient (Wildman–Crippen LogP) is 8.09. The van der Waals surface area contributed by atoms with E-state index in [1.54, 1.807) is 0 Å². The van der Waals surface area contributed by atoms with Gasteiger partial charge in [-0.05, 0) is 18.6 Å². The lowest BCUT2D eigenvalue weighted by atomic mass is 10.0. The number of carbonyl (C=O) groups excluding carboxylic acids is 1. The van der Waals surface area contributed by atoms with Gasteiger partial charge in [-0.2, -0.15) is 13.2 Å². The van der Waals surface area contributed by atoms with Crippen molar-refractivity contribution in [2.24, 2.45) is 0 Å². The molecule has 0 aliphatic rings. The minimum Gasteiger partial charge on any atom is -0.462 e. The standard InChI is InChI=1S/C23H34F4O2/c1-2-3-4-5-6-7-8-9-10-11-12-13-14-18-29-22(28)21-19(23(25,26)27)16-15-17-20(21)24/h15-17H,2-14,18H2,1H3. The van der Waals surface area contributed by atoms with Crippen molar-refractivity contribution in [3.63, 3.8) is 0 Å². The lowest BCUT2D eigenvalue weighted by Gasteiger charge is -2.13. The van der Waals surface area contributed by atoms with E-state index in [2.05, 4.69) is 6.92 Å². The number of carbonyl (C=O) groups is 1. The van der Waals surface area contributed by atoms with Crippen LogP contribution in [0.2, 0.25) is 0 Å². The number of rotatable bonds is 15. The highest BCUT2D eigenvalue weighted by Crippen LogP contribution is 2.33. The van der Waals surface area contributed by atoms with Gasteiger partial charge in [0, 0.05) is 0 Å². The van der Waals surface area contributed by atoms with E-state index in [0.717, 1.165) is 31.4 Å². The zero-order valence-corrected chi connectivity index (χ0v) is 17.5. The van der Waals surface area contributed by atoms with Crippen molar-refractivity contribution in [2.75, 3.05) is 6.61 Å². The summed E-state index contributed by atoms with van der Waals surface area (Å²) in [4.78, 5) is 11.9. The molecule has 0 aliphatic heterocycles. The van der Waals surface area contributed by atoms with Crippen molar-refractivity contribution in [3.8, 4) is 0 Å². The third-order valence-corrected chi connectivity index (χ3v) is 5.00. The van der Waals surface area contributed by atoms with E-state index >= 15 is 0 Å². The summed E-state index contributed by atoms with van der Waals surface area (Å²) < 4.78 is 57.3. The molecule has 0 atom stereocenters. The molecule has 0 aromatic heterocycles. The van der Waals surface area contributed by atoms with E-state index in [1.807, 2.05) is 0 Å². The van der Waals surface area contributed by atoms with Gasteiger partial charge in [-0.3, -0.25) is 0 Å². The molecule has 6 heteroatoms. The van der Waals surface area contributed by atoms with Gasteiger partial charge in [0.05, 0.1) is 12.2 Å². The molecule has 0 bridgehead atoms. The van der Waals surface area contributed by atoms with Crippen LogP contribution in [0.25, 0.3) is 0 Å². The van der Waals surface area contributed by atoms with Gasteiger partial charge in [-0.15, -0.1) is 0 Å². The Labute approximate surface area is 172 Å². The van der Waals surface area contributed by atoms with Crippen molar-refractivity contribution in [2.45, 2.75) is 96.6 Å². The van der Waals surface area contributed by atoms with Crippen LogP contribution in [-0.2, 0) is 10.9 Å². The zero-order valence-electron chi connectivity index (χ0n) is 17.5. The number of benzene rings is 1. The number of ether oxygens (including phenoxy) is 1. The van der Waals surface area contributed by atoms with Crippen LogP contribution in [0.1, 0.15) is 106 Å². The molecule has 0 spiro atoms. The molecule has 0 N–H and O–H groups in total. The van der Waals surface area contributed by atoms with Gasteiger partial charge in [0.25, 0.3) is 0 Å². The molecule has 0 heterocycles. The van der Waals surface area contributed by atoms with E-state index in [9.17, 15) is 22.4 Å². The molecule has 0 saturated heterocycles. The minimum atomic E-state index is -4.80. The second-order valence-electron chi connectivity index (χ2n) is 7.54. The Kier molecular flexibility index (Phi) is 12.6. The Morgan fingerprint density at radius 3 is 1.79 bits per heavy atom. The van der Waals surface area contributed by atoms with Crippen LogP contribution in [0.15, 0.2) is 18.2 Å². The number of esters is 1. The molecule has 29 heavy (non-hydrogen) atoms. The molecule has 0 amide bonds. The molecule has 166 valence electrons. The van der Waals surface area contributed by atoms with Gasteiger partial charge < -0.3 is 4.74 Å². The molecule has 0 aliphatic carbocycles. The maximum absolute atomic E-state index is 13.7. The van der Waals surface area contributed by atoms with E-state index in [1.165, 1.54) is 57.8 Å². The van der Waals surface area contributed by atoms with E-state index < -0.39 is 29.1 Å². The van der Waals surface area contributed by atoms with Gasteiger partial charge in [0.2, 0.25) is 0 Å². The van der Waals surface area contributed by atoms with Gasteiger partial charge >= 0.3 is 12.1 Å². The smallest absolute Gasteiger partial charge is 0.417 e. The topological polar surface area (TPSA) is 26.3 Å². The van der Waals surface area contributed by atoms with Crippen molar-refractivity contribution >= 4 is 5.97 Å². The summed E-state index contributed by atoms with van der Waals surface area (Å²) in [5, 5.41) is 0. The second-order valence-corrected chi connectivity index (χ2v) is 7.54. The quantitative estimate of drug-likeness (QED) is 0.163. The minimum absolute atomic E-state index is 0.00221. The predicted molar refractivity (Wildman–Crippen MR) is 107 cm³/mol. The third-order valence-electron chi connectivity index (χ3n) is 5.00. The Bertz CT molecular complexity index is 585. The first-order valence-corrected chi connectivity index (χ1v) is 10.9. The first-order valence-electron chi connectivity index (χ1n) is 10.9. The number of alkyl halides is 3. The summed E-state index contributed by atoms with van der Waals surface area (Å²) >= 11 is 0.